The van der Waals surface area contributed by atoms with Gasteiger partial charge in [0.2, 0.25) is 5.82 Å². The molecule has 1 saturated carbocycles. The number of nitrogen functional groups attached to an aromatic ring is 1. The van der Waals surface area contributed by atoms with E-state index in [1.54, 1.807) is 0 Å². The highest BCUT2D eigenvalue weighted by Crippen LogP contribution is 2.32. The maximum Gasteiger partial charge on any atom is 0.209 e. The maximum absolute atomic E-state index is 10.4. The van der Waals surface area contributed by atoms with Crippen LogP contribution in [0.25, 0.3) is 11.2 Å². The molecule has 1 saturated heterocycles. The molecule has 1 aliphatic carbocycles. The Morgan fingerprint density at radius 3 is 2.67 bits per heavy atom. The molecule has 2 fully saturated rings. The van der Waals surface area contributed by atoms with Gasteiger partial charge in [-0.05, 0) is 31.6 Å². The van der Waals surface area contributed by atoms with Gasteiger partial charge in [-0.15, -0.1) is 0 Å². The minimum absolute atomic E-state index is 0.105. The van der Waals surface area contributed by atoms with E-state index in [9.17, 15) is 20.4 Å². The first kappa shape index (κ1) is 18.1. The van der Waals surface area contributed by atoms with Crippen molar-refractivity contribution in [2.24, 2.45) is 0 Å². The molecule has 27 heavy (non-hydrogen) atoms. The van der Waals surface area contributed by atoms with Gasteiger partial charge in [0.25, 0.3) is 0 Å². The molecule has 3 heterocycles. The number of ether oxygens (including phenoxy) is 1. The van der Waals surface area contributed by atoms with Gasteiger partial charge in [-0.2, -0.15) is 0 Å². The molecule has 0 unspecified atom stereocenters. The van der Waals surface area contributed by atoms with Crippen LogP contribution in [-0.2, 0) is 4.74 Å². The summed E-state index contributed by atoms with van der Waals surface area (Å²) in [7, 11) is 0. The van der Waals surface area contributed by atoms with Crippen molar-refractivity contribution in [3.8, 4) is 11.8 Å². The fourth-order valence-electron chi connectivity index (χ4n) is 3.55. The van der Waals surface area contributed by atoms with E-state index in [0.29, 0.717) is 18.4 Å². The van der Waals surface area contributed by atoms with Gasteiger partial charge in [-0.1, -0.05) is 5.92 Å². The summed E-state index contributed by atoms with van der Waals surface area (Å²) in [5.41, 5.74) is 5.50. The Morgan fingerprint density at radius 1 is 1.26 bits per heavy atom. The van der Waals surface area contributed by atoms with Gasteiger partial charge in [0.05, 0.1) is 12.9 Å². The van der Waals surface area contributed by atoms with Crippen LogP contribution in [0.4, 0.5) is 5.82 Å². The second-order valence-electron chi connectivity index (χ2n) is 6.97. The molecule has 2 aromatic heterocycles. The van der Waals surface area contributed by atoms with Crippen molar-refractivity contribution in [3.63, 3.8) is 0 Å². The highest BCUT2D eigenvalue weighted by Gasteiger charge is 2.44. The molecule has 10 nitrogen and oxygen atoms in total. The molecule has 4 rings (SSSR count). The van der Waals surface area contributed by atoms with Gasteiger partial charge in [0.1, 0.15) is 29.4 Å². The Hall–Kier alpha value is -2.29. The maximum atomic E-state index is 10.4. The monoisotopic (exact) mass is 375 g/mol. The summed E-state index contributed by atoms with van der Waals surface area (Å²) in [6.45, 7) is -0.437. The number of anilines is 1. The summed E-state index contributed by atoms with van der Waals surface area (Å²) in [6.07, 6.45) is 0.00997. The van der Waals surface area contributed by atoms with Crippen molar-refractivity contribution >= 4 is 17.0 Å². The van der Waals surface area contributed by atoms with E-state index in [2.05, 4.69) is 26.8 Å². The number of nitrogens with zero attached hydrogens (tertiary/aromatic N) is 4. The Morgan fingerprint density at radius 2 is 2.00 bits per heavy atom. The van der Waals surface area contributed by atoms with Crippen molar-refractivity contribution in [2.75, 3.05) is 12.3 Å². The third-order valence-corrected chi connectivity index (χ3v) is 5.08. The van der Waals surface area contributed by atoms with Crippen molar-refractivity contribution in [3.05, 3.63) is 12.2 Å². The smallest absolute Gasteiger partial charge is 0.209 e. The molecule has 2 aliphatic rings. The van der Waals surface area contributed by atoms with Crippen LogP contribution < -0.4 is 5.73 Å². The Kier molecular flexibility index (Phi) is 4.49. The van der Waals surface area contributed by atoms with Crippen LogP contribution in [-0.4, -0.2) is 70.5 Å². The third-order valence-electron chi connectivity index (χ3n) is 5.08. The summed E-state index contributed by atoms with van der Waals surface area (Å²) in [6, 6.07) is 0. The highest BCUT2D eigenvalue weighted by molar-refractivity contribution is 5.82. The summed E-state index contributed by atoms with van der Waals surface area (Å²) in [4.78, 5) is 12.6. The number of aliphatic hydroxyl groups excluding tert-OH is 3. The molecule has 4 atom stereocenters. The van der Waals surface area contributed by atoms with Crippen molar-refractivity contribution in [1.29, 1.82) is 0 Å². The number of aliphatic hydroxyl groups is 4. The lowest BCUT2D eigenvalue weighted by atomic mass is 10.0. The van der Waals surface area contributed by atoms with Gasteiger partial charge < -0.3 is 30.9 Å². The average molecular weight is 375 g/mol. The quantitative estimate of drug-likeness (QED) is 0.401. The zero-order valence-electron chi connectivity index (χ0n) is 14.5. The molecule has 6 N–H and O–H groups in total. The predicted octanol–water partition coefficient (Wildman–Crippen LogP) is -1.32. The van der Waals surface area contributed by atoms with Crippen molar-refractivity contribution < 1.29 is 25.2 Å². The van der Waals surface area contributed by atoms with Gasteiger partial charge in [0, 0.05) is 0 Å². The van der Waals surface area contributed by atoms with E-state index in [-0.39, 0.29) is 17.3 Å². The van der Waals surface area contributed by atoms with Crippen LogP contribution in [0.15, 0.2) is 6.33 Å². The van der Waals surface area contributed by atoms with Crippen LogP contribution in [0, 0.1) is 11.8 Å². The summed E-state index contributed by atoms with van der Waals surface area (Å²) >= 11 is 0. The first-order valence-electron chi connectivity index (χ1n) is 8.80. The summed E-state index contributed by atoms with van der Waals surface area (Å²) < 4.78 is 6.94. The second-order valence-corrected chi connectivity index (χ2v) is 6.97. The minimum atomic E-state index is -1.27. The molecule has 144 valence electrons. The van der Waals surface area contributed by atoms with Gasteiger partial charge in [0.15, 0.2) is 17.7 Å². The zero-order valence-corrected chi connectivity index (χ0v) is 14.5. The molecular weight excluding hydrogens is 354 g/mol. The van der Waals surface area contributed by atoms with Crippen LogP contribution >= 0.6 is 0 Å². The first-order valence-corrected chi connectivity index (χ1v) is 8.80. The molecule has 10 heteroatoms. The Labute approximate surface area is 154 Å². The van der Waals surface area contributed by atoms with Crippen LogP contribution in [0.5, 0.6) is 0 Å². The topological polar surface area (TPSA) is 160 Å². The lowest BCUT2D eigenvalue weighted by Crippen LogP contribution is -2.33. The van der Waals surface area contributed by atoms with Gasteiger partial charge >= 0.3 is 0 Å². The Bertz CT molecular complexity index is 914. The van der Waals surface area contributed by atoms with E-state index in [1.807, 2.05) is 0 Å². The van der Waals surface area contributed by atoms with Gasteiger partial charge in [-0.25, -0.2) is 15.0 Å². The minimum Gasteiger partial charge on any atom is -0.394 e. The largest absolute Gasteiger partial charge is 0.394 e. The number of imidazole rings is 1. The van der Waals surface area contributed by atoms with Crippen LogP contribution in [0.3, 0.4) is 0 Å². The fourth-order valence-corrected chi connectivity index (χ4v) is 3.55. The number of nitrogens with two attached hydrogens (primary N) is 1. The predicted molar refractivity (Wildman–Crippen MR) is 93.0 cm³/mol. The molecule has 0 radical (unpaired) electrons. The van der Waals surface area contributed by atoms with Crippen LogP contribution in [0.1, 0.15) is 37.7 Å². The molecule has 2 aromatic rings. The lowest BCUT2D eigenvalue weighted by molar-refractivity contribution is -0.0511. The summed E-state index contributed by atoms with van der Waals surface area (Å²) in [5, 5.41) is 39.8. The summed E-state index contributed by atoms with van der Waals surface area (Å²) in [5.74, 6) is 5.82. The van der Waals surface area contributed by atoms with E-state index in [0.717, 1.165) is 12.8 Å². The zero-order chi connectivity index (χ0) is 19.2. The molecule has 0 spiro atoms. The fraction of sp³-hybridized carbons (Fsp3) is 0.588. The number of aromatic nitrogens is 4. The standard InChI is InChI=1S/C17H21N5O5/c18-14-11-15(21-10(20-14)3-6-17(26)4-1-2-5-17)22(8-19-11)16-13(25)12(24)9(7-23)27-16/h8-9,12-13,16,23-26H,1-2,4-5,7H2,(H2,18,20,21)/t9-,12-,13-,16-/m1/s1. The third kappa shape index (κ3) is 3.13. The second kappa shape index (κ2) is 6.70. The van der Waals surface area contributed by atoms with Gasteiger partial charge in [-0.3, -0.25) is 4.57 Å². The highest BCUT2D eigenvalue weighted by atomic mass is 16.6. The molecular formula is C17H21N5O5. The number of hydrogen-bond acceptors (Lipinski definition) is 9. The van der Waals surface area contributed by atoms with E-state index >= 15 is 0 Å². The molecule has 0 bridgehead atoms. The number of rotatable bonds is 2. The Balaban J connectivity index is 1.72. The van der Waals surface area contributed by atoms with E-state index in [4.69, 9.17) is 10.5 Å². The van der Waals surface area contributed by atoms with E-state index in [1.165, 1.54) is 10.9 Å². The normalized spacial score (nSPS) is 29.8. The molecule has 0 aromatic carbocycles. The lowest BCUT2D eigenvalue weighted by Gasteiger charge is -2.16. The average Bonchev–Trinajstić information content (AvgIpc) is 3.33. The molecule has 1 aliphatic heterocycles. The number of hydrogen-bond donors (Lipinski definition) is 5. The number of fused-ring (bicyclic) bond motifs is 1. The van der Waals surface area contributed by atoms with E-state index < -0.39 is 36.7 Å². The van der Waals surface area contributed by atoms with Crippen LogP contribution in [0.2, 0.25) is 0 Å². The molecule has 0 amide bonds. The first-order chi connectivity index (χ1) is 12.9. The van der Waals surface area contributed by atoms with Crippen molar-refractivity contribution in [2.45, 2.75) is 55.8 Å². The SMILES string of the molecule is Nc1nc(C#CC2(O)CCCC2)nc2c1ncn2[C@@H]1O[C@H](CO)[C@@H](O)[C@H]1O. The van der Waals surface area contributed by atoms with Crippen molar-refractivity contribution in [1.82, 2.24) is 19.5 Å².